The molecule has 3 N–H and O–H groups in total. The van der Waals surface area contributed by atoms with Crippen molar-refractivity contribution in [3.63, 3.8) is 0 Å². The highest BCUT2D eigenvalue weighted by molar-refractivity contribution is 6.08. The largest absolute Gasteiger partial charge is 0.444 e. The maximum absolute atomic E-state index is 14.5. The number of aromatic nitrogens is 5. The normalized spacial score (nSPS) is 18.7. The van der Waals surface area contributed by atoms with Gasteiger partial charge in [-0.25, -0.2) is 27.5 Å². The van der Waals surface area contributed by atoms with Crippen LogP contribution in [0.4, 0.5) is 29.5 Å². The van der Waals surface area contributed by atoms with Crippen molar-refractivity contribution in [2.75, 3.05) is 23.3 Å². The zero-order valence-electron chi connectivity index (χ0n) is 19.3. The van der Waals surface area contributed by atoms with Crippen molar-refractivity contribution >= 4 is 29.2 Å². The number of aromatic amines is 1. The van der Waals surface area contributed by atoms with Gasteiger partial charge in [0, 0.05) is 19.2 Å². The van der Waals surface area contributed by atoms with E-state index in [4.69, 9.17) is 4.74 Å². The van der Waals surface area contributed by atoms with E-state index in [2.05, 4.69) is 30.9 Å². The number of hydrogen-bond acceptors (Lipinski definition) is 7. The number of amides is 2. The van der Waals surface area contributed by atoms with Crippen molar-refractivity contribution in [1.82, 2.24) is 30.1 Å². The predicted octanol–water partition coefficient (Wildman–Crippen LogP) is 3.08. The lowest BCUT2D eigenvalue weighted by Crippen LogP contribution is -2.52. The third kappa shape index (κ3) is 5.63. The molecule has 3 aromatic heterocycles. The van der Waals surface area contributed by atoms with Crippen LogP contribution in [-0.4, -0.2) is 67.7 Å². The minimum Gasteiger partial charge on any atom is -0.444 e. The SMILES string of the molecule is CC(C)(C)OC(=O)N[C@@H]1C[C@@H](F)CN(c2ccn3ncc(C(=O)Nc4cn[nH]c4C(F)F)c3n2)C1. The fraction of sp³-hybridized carbons (Fsp3) is 0.476. The Kier molecular flexibility index (Phi) is 6.54. The Morgan fingerprint density at radius 3 is 2.74 bits per heavy atom. The van der Waals surface area contributed by atoms with Gasteiger partial charge in [-0.3, -0.25) is 9.89 Å². The van der Waals surface area contributed by atoms with Crippen molar-refractivity contribution in [2.45, 2.75) is 51.4 Å². The van der Waals surface area contributed by atoms with Gasteiger partial charge >= 0.3 is 6.09 Å². The summed E-state index contributed by atoms with van der Waals surface area (Å²) in [5.41, 5.74) is -1.18. The summed E-state index contributed by atoms with van der Waals surface area (Å²) in [6.45, 7) is 5.51. The molecule has 1 aliphatic rings. The zero-order valence-corrected chi connectivity index (χ0v) is 19.3. The molecule has 1 aliphatic heterocycles. The maximum atomic E-state index is 14.5. The summed E-state index contributed by atoms with van der Waals surface area (Å²) in [6.07, 6.45) is -0.719. The predicted molar refractivity (Wildman–Crippen MR) is 119 cm³/mol. The lowest BCUT2D eigenvalue weighted by Gasteiger charge is -2.36. The molecule has 14 heteroatoms. The number of piperidine rings is 1. The summed E-state index contributed by atoms with van der Waals surface area (Å²) in [7, 11) is 0. The van der Waals surface area contributed by atoms with Gasteiger partial charge in [0.2, 0.25) is 0 Å². The molecule has 1 fully saturated rings. The van der Waals surface area contributed by atoms with Crippen LogP contribution in [0.5, 0.6) is 0 Å². The van der Waals surface area contributed by atoms with Gasteiger partial charge in [-0.15, -0.1) is 0 Å². The Morgan fingerprint density at radius 1 is 1.26 bits per heavy atom. The van der Waals surface area contributed by atoms with Crippen LogP contribution in [0, 0.1) is 0 Å². The molecule has 188 valence electrons. The summed E-state index contributed by atoms with van der Waals surface area (Å²) >= 11 is 0. The first-order valence-electron chi connectivity index (χ1n) is 10.9. The molecule has 1 saturated heterocycles. The Hall–Kier alpha value is -3.84. The average Bonchev–Trinajstić information content (AvgIpc) is 3.38. The number of fused-ring (bicyclic) bond motifs is 1. The molecule has 0 aromatic carbocycles. The second-order valence-corrected chi connectivity index (χ2v) is 9.15. The van der Waals surface area contributed by atoms with E-state index >= 15 is 0 Å². The fourth-order valence-electron chi connectivity index (χ4n) is 3.75. The first-order chi connectivity index (χ1) is 16.5. The van der Waals surface area contributed by atoms with E-state index in [9.17, 15) is 22.8 Å². The van der Waals surface area contributed by atoms with E-state index in [1.807, 2.05) is 0 Å². The number of carbonyl (C=O) groups is 2. The van der Waals surface area contributed by atoms with Gasteiger partial charge in [-0.2, -0.15) is 10.2 Å². The monoisotopic (exact) mass is 494 g/mol. The number of rotatable bonds is 5. The fourth-order valence-corrected chi connectivity index (χ4v) is 3.75. The molecule has 2 atom stereocenters. The molecule has 2 amide bonds. The molecule has 0 radical (unpaired) electrons. The molecule has 0 spiro atoms. The van der Waals surface area contributed by atoms with Gasteiger partial charge in [0.15, 0.2) is 5.65 Å². The number of nitrogens with one attached hydrogen (secondary N) is 3. The van der Waals surface area contributed by atoms with E-state index in [0.717, 1.165) is 6.20 Å². The van der Waals surface area contributed by atoms with Gasteiger partial charge in [0.1, 0.15) is 28.8 Å². The van der Waals surface area contributed by atoms with Gasteiger partial charge in [-0.05, 0) is 26.8 Å². The second kappa shape index (κ2) is 9.43. The maximum Gasteiger partial charge on any atom is 0.407 e. The van der Waals surface area contributed by atoms with Crippen LogP contribution in [0.1, 0.15) is 49.7 Å². The van der Waals surface area contributed by atoms with E-state index in [1.54, 1.807) is 37.9 Å². The van der Waals surface area contributed by atoms with E-state index in [1.165, 1.54) is 10.7 Å². The number of anilines is 2. The van der Waals surface area contributed by atoms with Gasteiger partial charge in [-0.1, -0.05) is 0 Å². The lowest BCUT2D eigenvalue weighted by atomic mass is 10.0. The minimum absolute atomic E-state index is 0.0329. The Balaban J connectivity index is 1.53. The Labute approximate surface area is 198 Å². The summed E-state index contributed by atoms with van der Waals surface area (Å²) in [5.74, 6) is -0.346. The van der Waals surface area contributed by atoms with Crippen molar-refractivity contribution in [3.8, 4) is 0 Å². The zero-order chi connectivity index (χ0) is 25.3. The molecule has 0 unspecified atom stereocenters. The molecule has 4 heterocycles. The average molecular weight is 494 g/mol. The lowest BCUT2D eigenvalue weighted by molar-refractivity contribution is 0.0490. The third-order valence-corrected chi connectivity index (χ3v) is 5.18. The molecular weight excluding hydrogens is 469 g/mol. The van der Waals surface area contributed by atoms with Gasteiger partial charge in [0.25, 0.3) is 12.3 Å². The highest BCUT2D eigenvalue weighted by atomic mass is 19.3. The topological polar surface area (TPSA) is 130 Å². The molecule has 3 aromatic rings. The third-order valence-electron chi connectivity index (χ3n) is 5.18. The smallest absolute Gasteiger partial charge is 0.407 e. The van der Waals surface area contributed by atoms with Crippen molar-refractivity contribution in [3.05, 3.63) is 35.9 Å². The molecule has 11 nitrogen and oxygen atoms in total. The standard InChI is InChI=1S/C21H25F3N8O3/c1-21(2,3)35-20(34)27-12-6-11(22)9-31(10-12)15-4-5-32-18(29-15)13(7-26-32)19(33)28-14-8-25-30-16(14)17(23)24/h4-5,7-8,11-12,17H,6,9-10H2,1-3H3,(H,25,30)(H,27,34)(H,28,33)/t11-,12-/m1/s1. The van der Waals surface area contributed by atoms with Crippen LogP contribution in [-0.2, 0) is 4.74 Å². The summed E-state index contributed by atoms with van der Waals surface area (Å²) in [5, 5.41) is 14.8. The number of carbonyl (C=O) groups excluding carboxylic acids is 2. The number of alkyl carbamates (subject to hydrolysis) is 1. The van der Waals surface area contributed by atoms with Crippen molar-refractivity contribution < 1.29 is 27.5 Å². The number of halogens is 3. The summed E-state index contributed by atoms with van der Waals surface area (Å²) in [4.78, 5) is 31.0. The van der Waals surface area contributed by atoms with Crippen LogP contribution >= 0.6 is 0 Å². The van der Waals surface area contributed by atoms with Crippen molar-refractivity contribution in [2.24, 2.45) is 0 Å². The molecule has 4 rings (SSSR count). The van der Waals surface area contributed by atoms with E-state index < -0.39 is 41.9 Å². The highest BCUT2D eigenvalue weighted by Gasteiger charge is 2.31. The van der Waals surface area contributed by atoms with Gasteiger partial charge in [0.05, 0.1) is 30.7 Å². The number of alkyl halides is 3. The number of hydrogen-bond donors (Lipinski definition) is 3. The Morgan fingerprint density at radius 2 is 2.03 bits per heavy atom. The number of nitrogens with zero attached hydrogens (tertiary/aromatic N) is 5. The highest BCUT2D eigenvalue weighted by Crippen LogP contribution is 2.26. The first kappa shape index (κ1) is 24.3. The van der Waals surface area contributed by atoms with Gasteiger partial charge < -0.3 is 20.3 Å². The second-order valence-electron chi connectivity index (χ2n) is 9.15. The first-order valence-corrected chi connectivity index (χ1v) is 10.9. The van der Waals surface area contributed by atoms with Crippen molar-refractivity contribution in [1.29, 1.82) is 0 Å². The minimum atomic E-state index is -2.85. The molecule has 0 aliphatic carbocycles. The van der Waals surface area contributed by atoms with Crippen LogP contribution in [0.3, 0.4) is 0 Å². The molecule has 35 heavy (non-hydrogen) atoms. The summed E-state index contributed by atoms with van der Waals surface area (Å²) in [6, 6.07) is 1.09. The summed E-state index contributed by atoms with van der Waals surface area (Å²) < 4.78 is 47.3. The number of ether oxygens (including phenoxy) is 1. The Bertz CT molecular complexity index is 1220. The van der Waals surface area contributed by atoms with Crippen LogP contribution in [0.2, 0.25) is 0 Å². The molecular formula is C21H25F3N8O3. The van der Waals surface area contributed by atoms with E-state index in [0.29, 0.717) is 5.82 Å². The molecule has 0 saturated carbocycles. The quantitative estimate of drug-likeness (QED) is 0.497. The van der Waals surface area contributed by atoms with Crippen LogP contribution in [0.15, 0.2) is 24.7 Å². The number of H-pyrrole nitrogens is 1. The van der Waals surface area contributed by atoms with Crippen LogP contribution < -0.4 is 15.5 Å². The molecule has 0 bridgehead atoms. The van der Waals surface area contributed by atoms with Crippen LogP contribution in [0.25, 0.3) is 5.65 Å². The van der Waals surface area contributed by atoms with E-state index in [-0.39, 0.29) is 36.4 Å².